The van der Waals surface area contributed by atoms with Crippen molar-refractivity contribution in [3.8, 4) is 0 Å². The van der Waals surface area contributed by atoms with E-state index in [-0.39, 0.29) is 17.0 Å². The zero-order valence-electron chi connectivity index (χ0n) is 11.1. The Balaban J connectivity index is 1.93. The van der Waals surface area contributed by atoms with Crippen LogP contribution in [0.2, 0.25) is 0 Å². The molecule has 0 radical (unpaired) electrons. The van der Waals surface area contributed by atoms with Crippen LogP contribution >= 0.6 is 11.8 Å². The van der Waals surface area contributed by atoms with Crippen LogP contribution in [0.3, 0.4) is 0 Å². The first-order chi connectivity index (χ1) is 10.1. The van der Waals surface area contributed by atoms with E-state index in [0.717, 1.165) is 5.56 Å². The summed E-state index contributed by atoms with van der Waals surface area (Å²) in [6.07, 6.45) is 3.61. The molecular weight excluding hydrogens is 288 g/mol. The van der Waals surface area contributed by atoms with E-state index in [4.69, 9.17) is 5.73 Å². The third kappa shape index (κ3) is 2.36. The first kappa shape index (κ1) is 13.9. The molecule has 5 nitrogen and oxygen atoms in total. The molecule has 2 heterocycles. The predicted molar refractivity (Wildman–Crippen MR) is 81.2 cm³/mol. The highest BCUT2D eigenvalue weighted by Gasteiger charge is 2.51. The van der Waals surface area contributed by atoms with Gasteiger partial charge in [0.2, 0.25) is 5.91 Å². The van der Waals surface area contributed by atoms with Gasteiger partial charge in [0.05, 0.1) is 0 Å². The van der Waals surface area contributed by atoms with Gasteiger partial charge in [0, 0.05) is 5.75 Å². The third-order valence-electron chi connectivity index (χ3n) is 3.52. The van der Waals surface area contributed by atoms with E-state index in [9.17, 15) is 14.7 Å². The zero-order chi connectivity index (χ0) is 15.0. The number of rotatable bonds is 3. The topological polar surface area (TPSA) is 83.6 Å². The number of carboxylic acids is 1. The van der Waals surface area contributed by atoms with Gasteiger partial charge in [0.25, 0.3) is 0 Å². The Morgan fingerprint density at radius 1 is 1.33 bits per heavy atom. The number of carbonyl (C=O) groups excluding carboxylic acids is 1. The fourth-order valence-corrected chi connectivity index (χ4v) is 3.69. The van der Waals surface area contributed by atoms with Gasteiger partial charge in [0.1, 0.15) is 17.1 Å². The number of amides is 1. The summed E-state index contributed by atoms with van der Waals surface area (Å²) < 4.78 is 0. The van der Waals surface area contributed by atoms with Gasteiger partial charge in [-0.25, -0.2) is 4.79 Å². The van der Waals surface area contributed by atoms with E-state index < -0.39 is 12.0 Å². The van der Waals surface area contributed by atoms with Crippen molar-refractivity contribution in [2.75, 3.05) is 5.75 Å². The van der Waals surface area contributed by atoms with Crippen molar-refractivity contribution in [1.82, 2.24) is 4.90 Å². The van der Waals surface area contributed by atoms with Gasteiger partial charge >= 0.3 is 5.97 Å². The number of aliphatic carboxylic acids is 1. The lowest BCUT2D eigenvalue weighted by Crippen LogP contribution is -2.68. The minimum Gasteiger partial charge on any atom is -0.477 e. The van der Waals surface area contributed by atoms with Crippen molar-refractivity contribution >= 4 is 29.7 Å². The van der Waals surface area contributed by atoms with Crippen LogP contribution in [0.25, 0.3) is 6.08 Å². The monoisotopic (exact) mass is 302 g/mol. The number of β-lactam (4-membered cyclic amide) rings is 1. The number of carboxylic acid groups (broad SMARTS) is 1. The van der Waals surface area contributed by atoms with E-state index in [1.807, 2.05) is 36.4 Å². The van der Waals surface area contributed by atoms with Crippen molar-refractivity contribution < 1.29 is 14.7 Å². The zero-order valence-corrected chi connectivity index (χ0v) is 11.9. The summed E-state index contributed by atoms with van der Waals surface area (Å²) in [6, 6.07) is 9.01. The van der Waals surface area contributed by atoms with Crippen LogP contribution in [0.1, 0.15) is 5.56 Å². The number of allylic oxidation sites excluding steroid dienone is 1. The molecule has 0 saturated carbocycles. The molecule has 0 aliphatic carbocycles. The van der Waals surface area contributed by atoms with Crippen LogP contribution in [0.5, 0.6) is 0 Å². The maximum atomic E-state index is 11.8. The Kier molecular flexibility index (Phi) is 3.57. The Bertz CT molecular complexity index is 654. The fraction of sp³-hybridized carbons (Fsp3) is 0.200. The van der Waals surface area contributed by atoms with Crippen molar-refractivity contribution in [2.45, 2.75) is 11.4 Å². The van der Waals surface area contributed by atoms with Crippen LogP contribution < -0.4 is 5.73 Å². The summed E-state index contributed by atoms with van der Waals surface area (Å²) in [5.74, 6) is -0.879. The molecule has 2 aliphatic rings. The van der Waals surface area contributed by atoms with Crippen LogP contribution in [0.15, 0.2) is 47.7 Å². The Labute approximate surface area is 126 Å². The van der Waals surface area contributed by atoms with Crippen LogP contribution in [0, 0.1) is 0 Å². The summed E-state index contributed by atoms with van der Waals surface area (Å²) in [5, 5.41) is 9.14. The molecule has 0 bridgehead atoms. The average Bonchev–Trinajstić information content (AvgIpc) is 2.52. The summed E-state index contributed by atoms with van der Waals surface area (Å²) in [4.78, 5) is 24.6. The molecule has 1 saturated heterocycles. The van der Waals surface area contributed by atoms with Crippen LogP contribution in [0.4, 0.5) is 0 Å². The molecule has 108 valence electrons. The SMILES string of the molecule is NC1C(=O)N2C(C(=O)O)=C(C=Cc3ccccc3)CS[C@H]12. The molecule has 21 heavy (non-hydrogen) atoms. The Morgan fingerprint density at radius 2 is 2.05 bits per heavy atom. The quantitative estimate of drug-likeness (QED) is 0.822. The van der Waals surface area contributed by atoms with Crippen molar-refractivity contribution in [3.63, 3.8) is 0 Å². The first-order valence-electron chi connectivity index (χ1n) is 6.49. The van der Waals surface area contributed by atoms with Crippen molar-refractivity contribution in [1.29, 1.82) is 0 Å². The van der Waals surface area contributed by atoms with Gasteiger partial charge in [-0.3, -0.25) is 9.69 Å². The van der Waals surface area contributed by atoms with Gasteiger partial charge < -0.3 is 10.8 Å². The first-order valence-corrected chi connectivity index (χ1v) is 7.54. The molecule has 0 spiro atoms. The summed E-state index contributed by atoms with van der Waals surface area (Å²) in [7, 11) is 0. The second kappa shape index (κ2) is 5.38. The molecule has 2 aliphatic heterocycles. The molecule has 0 aromatic heterocycles. The van der Waals surface area contributed by atoms with Gasteiger partial charge in [-0.2, -0.15) is 0 Å². The molecule has 6 heteroatoms. The van der Waals surface area contributed by atoms with Gasteiger partial charge in [-0.15, -0.1) is 11.8 Å². The second-order valence-corrected chi connectivity index (χ2v) is 5.96. The van der Waals surface area contributed by atoms with E-state index in [0.29, 0.717) is 11.3 Å². The predicted octanol–water partition coefficient (Wildman–Crippen LogP) is 1.28. The summed E-state index contributed by atoms with van der Waals surface area (Å²) >= 11 is 1.50. The number of nitrogens with zero attached hydrogens (tertiary/aromatic N) is 1. The number of benzene rings is 1. The summed E-state index contributed by atoms with van der Waals surface area (Å²) in [6.45, 7) is 0. The van der Waals surface area contributed by atoms with Crippen molar-refractivity contribution in [2.24, 2.45) is 5.73 Å². The molecular formula is C15H14N2O3S. The van der Waals surface area contributed by atoms with Gasteiger partial charge in [0.15, 0.2) is 0 Å². The van der Waals surface area contributed by atoms with E-state index in [1.54, 1.807) is 6.08 Å². The number of nitrogens with two attached hydrogens (primary N) is 1. The lowest BCUT2D eigenvalue weighted by atomic mass is 10.0. The molecule has 1 fully saturated rings. The molecule has 3 N–H and O–H groups in total. The van der Waals surface area contributed by atoms with Crippen molar-refractivity contribution in [3.05, 3.63) is 53.2 Å². The second-order valence-electron chi connectivity index (χ2n) is 4.86. The molecule has 1 aromatic rings. The van der Waals surface area contributed by atoms with Crippen LogP contribution in [-0.4, -0.2) is 39.1 Å². The summed E-state index contributed by atoms with van der Waals surface area (Å²) in [5.41, 5.74) is 7.37. The highest BCUT2D eigenvalue weighted by atomic mass is 32.2. The minimum atomic E-state index is -1.09. The third-order valence-corrected chi connectivity index (χ3v) is 4.84. The smallest absolute Gasteiger partial charge is 0.352 e. The standard InChI is InChI=1S/C15H14N2O3S/c16-11-13(18)17-12(15(19)20)10(8-21-14(11)17)7-6-9-4-2-1-3-5-9/h1-7,11,14H,8,16H2,(H,19,20)/t11?,14-/m1/s1. The molecule has 2 atom stereocenters. The molecule has 1 amide bonds. The number of fused-ring (bicyclic) bond motifs is 1. The minimum absolute atomic E-state index is 0.0534. The van der Waals surface area contributed by atoms with Crippen LogP contribution in [-0.2, 0) is 9.59 Å². The number of carbonyl (C=O) groups is 2. The lowest BCUT2D eigenvalue weighted by Gasteiger charge is -2.47. The lowest BCUT2D eigenvalue weighted by molar-refractivity contribution is -0.147. The Hall–Kier alpha value is -2.05. The van der Waals surface area contributed by atoms with E-state index in [1.165, 1.54) is 16.7 Å². The number of hydrogen-bond acceptors (Lipinski definition) is 4. The fourth-order valence-electron chi connectivity index (χ4n) is 2.43. The molecule has 1 unspecified atom stereocenters. The van der Waals surface area contributed by atoms with E-state index >= 15 is 0 Å². The normalized spacial score (nSPS) is 25.0. The average molecular weight is 302 g/mol. The highest BCUT2D eigenvalue weighted by molar-refractivity contribution is 8.00. The number of thioether (sulfide) groups is 1. The maximum Gasteiger partial charge on any atom is 0.352 e. The van der Waals surface area contributed by atoms with Gasteiger partial charge in [-0.1, -0.05) is 42.5 Å². The highest BCUT2D eigenvalue weighted by Crippen LogP contribution is 2.39. The van der Waals surface area contributed by atoms with E-state index in [2.05, 4.69) is 0 Å². The largest absolute Gasteiger partial charge is 0.477 e. The molecule has 1 aromatic carbocycles. The maximum absolute atomic E-state index is 11.8. The molecule has 3 rings (SSSR count). The number of hydrogen-bond donors (Lipinski definition) is 2. The Morgan fingerprint density at radius 3 is 2.71 bits per heavy atom. The van der Waals surface area contributed by atoms with Gasteiger partial charge in [-0.05, 0) is 11.1 Å².